The Morgan fingerprint density at radius 2 is 1.80 bits per heavy atom. The Kier molecular flexibility index (Phi) is 11.5. The van der Waals surface area contributed by atoms with Gasteiger partial charge in [-0.3, -0.25) is 0 Å². The zero-order valence-corrected chi connectivity index (χ0v) is 16.5. The molecule has 0 unspecified atom stereocenters. The molecule has 0 aromatic heterocycles. The maximum absolute atomic E-state index is 11.1. The Morgan fingerprint density at radius 3 is 2.28 bits per heavy atom. The minimum Gasteiger partial charge on any atom is -0.465 e. The summed E-state index contributed by atoms with van der Waals surface area (Å²) in [7, 11) is 3.14. The lowest BCUT2D eigenvalue weighted by Crippen LogP contribution is -2.36. The SMILES string of the molecule is CC.CC(C)(C=O)C1CCNCC1.CNc1ccccc1C(=O)OC. The van der Waals surface area contributed by atoms with Crippen LogP contribution in [0.4, 0.5) is 5.69 Å². The fraction of sp³-hybridized carbons (Fsp3) is 0.600. The van der Waals surface area contributed by atoms with Crippen LogP contribution >= 0.6 is 0 Å². The van der Waals surface area contributed by atoms with Crippen molar-refractivity contribution in [2.24, 2.45) is 11.3 Å². The van der Waals surface area contributed by atoms with E-state index in [1.165, 1.54) is 7.11 Å². The van der Waals surface area contributed by atoms with Crippen molar-refractivity contribution in [3.05, 3.63) is 29.8 Å². The largest absolute Gasteiger partial charge is 0.465 e. The van der Waals surface area contributed by atoms with Gasteiger partial charge in [0, 0.05) is 18.2 Å². The van der Waals surface area contributed by atoms with Gasteiger partial charge < -0.3 is 20.2 Å². The summed E-state index contributed by atoms with van der Waals surface area (Å²) in [5, 5.41) is 6.20. The third kappa shape index (κ3) is 7.69. The van der Waals surface area contributed by atoms with Crippen LogP contribution in [0.3, 0.4) is 0 Å². The predicted molar refractivity (Wildman–Crippen MR) is 104 cm³/mol. The molecule has 2 rings (SSSR count). The smallest absolute Gasteiger partial charge is 0.339 e. The Balaban J connectivity index is 0.000000421. The number of esters is 1. The topological polar surface area (TPSA) is 67.4 Å². The molecule has 0 bridgehead atoms. The summed E-state index contributed by atoms with van der Waals surface area (Å²) in [6, 6.07) is 7.20. The van der Waals surface area contributed by atoms with Gasteiger partial charge in [-0.15, -0.1) is 0 Å². The van der Waals surface area contributed by atoms with Crippen LogP contribution in [0.15, 0.2) is 24.3 Å². The van der Waals surface area contributed by atoms with Gasteiger partial charge in [0.2, 0.25) is 0 Å². The molecule has 0 radical (unpaired) electrons. The van der Waals surface area contributed by atoms with E-state index in [4.69, 9.17) is 0 Å². The first kappa shape index (κ1) is 23.1. The number of para-hydroxylation sites is 1. The number of hydrogen-bond acceptors (Lipinski definition) is 5. The van der Waals surface area contributed by atoms with E-state index >= 15 is 0 Å². The van der Waals surface area contributed by atoms with Gasteiger partial charge in [0.15, 0.2) is 0 Å². The first-order chi connectivity index (χ1) is 12.0. The molecular weight excluding hydrogens is 316 g/mol. The molecule has 1 aliphatic rings. The van der Waals surface area contributed by atoms with Crippen LogP contribution in [0.1, 0.15) is 50.9 Å². The lowest BCUT2D eigenvalue weighted by atomic mass is 9.75. The van der Waals surface area contributed by atoms with Crippen molar-refractivity contribution >= 4 is 17.9 Å². The van der Waals surface area contributed by atoms with Crippen LogP contribution in [0.5, 0.6) is 0 Å². The van der Waals surface area contributed by atoms with Gasteiger partial charge in [0.1, 0.15) is 6.29 Å². The van der Waals surface area contributed by atoms with Crippen molar-refractivity contribution in [1.29, 1.82) is 0 Å². The van der Waals surface area contributed by atoms with E-state index < -0.39 is 0 Å². The van der Waals surface area contributed by atoms with Crippen molar-refractivity contribution in [3.8, 4) is 0 Å². The lowest BCUT2D eigenvalue weighted by molar-refractivity contribution is -0.117. The number of ether oxygens (including phenoxy) is 1. The number of nitrogens with one attached hydrogen (secondary N) is 2. The van der Waals surface area contributed by atoms with Gasteiger partial charge in [-0.2, -0.15) is 0 Å². The van der Waals surface area contributed by atoms with E-state index in [-0.39, 0.29) is 11.4 Å². The van der Waals surface area contributed by atoms with Gasteiger partial charge in [0.25, 0.3) is 0 Å². The number of carbonyl (C=O) groups excluding carboxylic acids is 2. The monoisotopic (exact) mass is 350 g/mol. The van der Waals surface area contributed by atoms with Crippen LogP contribution in [0, 0.1) is 11.3 Å². The van der Waals surface area contributed by atoms with Crippen LogP contribution in [0.2, 0.25) is 0 Å². The second-order valence-electron chi connectivity index (χ2n) is 6.25. The van der Waals surface area contributed by atoms with Gasteiger partial charge in [-0.25, -0.2) is 4.79 Å². The van der Waals surface area contributed by atoms with Crippen LogP contribution in [-0.4, -0.2) is 39.5 Å². The second-order valence-corrected chi connectivity index (χ2v) is 6.25. The molecule has 1 aliphatic heterocycles. The molecule has 1 heterocycles. The first-order valence-electron chi connectivity index (χ1n) is 8.98. The highest BCUT2D eigenvalue weighted by Crippen LogP contribution is 2.30. The number of carbonyl (C=O) groups is 2. The number of aldehydes is 1. The van der Waals surface area contributed by atoms with E-state index in [0.717, 1.165) is 37.9 Å². The molecule has 5 heteroatoms. The maximum atomic E-state index is 11.1. The molecule has 25 heavy (non-hydrogen) atoms. The summed E-state index contributed by atoms with van der Waals surface area (Å²) in [5.74, 6) is 0.265. The highest BCUT2D eigenvalue weighted by atomic mass is 16.5. The van der Waals surface area contributed by atoms with E-state index in [2.05, 4.69) is 15.4 Å². The summed E-state index contributed by atoms with van der Waals surface area (Å²) in [6.45, 7) is 10.2. The Morgan fingerprint density at radius 1 is 1.24 bits per heavy atom. The van der Waals surface area contributed by atoms with Gasteiger partial charge in [-0.1, -0.05) is 39.8 Å². The van der Waals surface area contributed by atoms with Gasteiger partial charge in [-0.05, 0) is 44.0 Å². The van der Waals surface area contributed by atoms with Crippen molar-refractivity contribution in [2.45, 2.75) is 40.5 Å². The van der Waals surface area contributed by atoms with Crippen molar-refractivity contribution < 1.29 is 14.3 Å². The maximum Gasteiger partial charge on any atom is 0.339 e. The third-order valence-corrected chi connectivity index (χ3v) is 4.30. The molecule has 1 aromatic carbocycles. The molecule has 0 aliphatic carbocycles. The summed E-state index contributed by atoms with van der Waals surface area (Å²) >= 11 is 0. The van der Waals surface area contributed by atoms with Crippen molar-refractivity contribution in [3.63, 3.8) is 0 Å². The summed E-state index contributed by atoms with van der Waals surface area (Å²) in [5.41, 5.74) is 1.23. The molecule has 2 N–H and O–H groups in total. The van der Waals surface area contributed by atoms with Gasteiger partial charge in [0.05, 0.1) is 12.7 Å². The van der Waals surface area contributed by atoms with Crippen LogP contribution in [0.25, 0.3) is 0 Å². The summed E-state index contributed by atoms with van der Waals surface area (Å²) in [6.07, 6.45) is 3.39. The molecule has 0 spiro atoms. The molecule has 1 aromatic rings. The average Bonchev–Trinajstić information content (AvgIpc) is 2.70. The molecule has 5 nitrogen and oxygen atoms in total. The third-order valence-electron chi connectivity index (χ3n) is 4.30. The number of anilines is 1. The fourth-order valence-corrected chi connectivity index (χ4v) is 2.65. The van der Waals surface area contributed by atoms with E-state index in [1.54, 1.807) is 19.2 Å². The number of benzene rings is 1. The quantitative estimate of drug-likeness (QED) is 0.639. The minimum absolute atomic E-state index is 0.109. The molecule has 0 atom stereocenters. The normalized spacial score (nSPS) is 14.2. The molecule has 0 amide bonds. The van der Waals surface area contributed by atoms with E-state index in [9.17, 15) is 9.59 Å². The zero-order valence-electron chi connectivity index (χ0n) is 16.5. The van der Waals surface area contributed by atoms with E-state index in [1.807, 2.05) is 39.8 Å². The molecule has 1 saturated heterocycles. The minimum atomic E-state index is -0.319. The average molecular weight is 351 g/mol. The van der Waals surface area contributed by atoms with Crippen molar-refractivity contribution in [1.82, 2.24) is 5.32 Å². The van der Waals surface area contributed by atoms with E-state index in [0.29, 0.717) is 11.5 Å². The summed E-state index contributed by atoms with van der Waals surface area (Å²) < 4.78 is 4.60. The number of methoxy groups -OCH3 is 1. The first-order valence-corrected chi connectivity index (χ1v) is 8.98. The lowest BCUT2D eigenvalue weighted by Gasteiger charge is -2.32. The standard InChI is InChI=1S/C9H11NO2.C9H17NO.C2H6/c1-10-8-6-4-3-5-7(8)9(11)12-2;1-9(2,7-11)8-3-5-10-6-4-8;1-2/h3-6,10H,1-2H3;7-8,10H,3-6H2,1-2H3;1-2H3. The van der Waals surface area contributed by atoms with Crippen LogP contribution < -0.4 is 10.6 Å². The second kappa shape index (κ2) is 12.5. The van der Waals surface area contributed by atoms with Crippen molar-refractivity contribution in [2.75, 3.05) is 32.6 Å². The Bertz CT molecular complexity index is 509. The predicted octanol–water partition coefficient (Wildman–Crippen LogP) is 3.75. The number of rotatable bonds is 4. The zero-order chi connectivity index (χ0) is 19.3. The molecular formula is C20H34N2O3. The number of piperidine rings is 1. The molecule has 142 valence electrons. The molecule has 0 saturated carbocycles. The summed E-state index contributed by atoms with van der Waals surface area (Å²) in [4.78, 5) is 21.8. The Labute approximate surface area is 152 Å². The Hall–Kier alpha value is -1.88. The highest BCUT2D eigenvalue weighted by molar-refractivity contribution is 5.95. The highest BCUT2D eigenvalue weighted by Gasteiger charge is 2.29. The van der Waals surface area contributed by atoms with Gasteiger partial charge >= 0.3 is 5.97 Å². The van der Waals surface area contributed by atoms with Crippen LogP contribution in [-0.2, 0) is 9.53 Å². The number of hydrogen-bond donors (Lipinski definition) is 2. The molecule has 1 fully saturated rings. The fourth-order valence-electron chi connectivity index (χ4n) is 2.65.